The van der Waals surface area contributed by atoms with Gasteiger partial charge in [0.15, 0.2) is 18.9 Å². The summed E-state index contributed by atoms with van der Waals surface area (Å²) in [6, 6.07) is 46.5. The molecule has 374 valence electrons. The van der Waals surface area contributed by atoms with Crippen molar-refractivity contribution in [2.75, 3.05) is 19.8 Å². The lowest BCUT2D eigenvalue weighted by Gasteiger charge is -2.50. The third-order valence-corrected chi connectivity index (χ3v) is 12.3. The van der Waals surface area contributed by atoms with Gasteiger partial charge in [0.05, 0.1) is 52.9 Å². The SMILES string of the molecule is CC(=O)N[C@@H]1[C@@H](O[C@@H]2OC[C@@H](OCc3ccccc3)[C@@H](OCc3ccccc3)[C@@H]2OCc2ccccc2)[C@H](O[C@@H]2O[C@H](COCc3ccccc3)[C@H](O)[C@H](O)[C@H]2O)[C@@H](COCc2ccccc2)O[C@H]1O. The van der Waals surface area contributed by atoms with Crippen LogP contribution in [0.2, 0.25) is 0 Å². The number of nitrogens with one attached hydrogen (secondary N) is 1. The molecule has 3 heterocycles. The molecule has 0 spiro atoms. The Labute approximate surface area is 407 Å². The highest BCUT2D eigenvalue weighted by Crippen LogP contribution is 2.35. The Hall–Kier alpha value is -4.99. The van der Waals surface area contributed by atoms with Gasteiger partial charge in [0.2, 0.25) is 5.91 Å². The third-order valence-electron chi connectivity index (χ3n) is 12.3. The molecule has 1 amide bonds. The summed E-state index contributed by atoms with van der Waals surface area (Å²) in [7, 11) is 0. The minimum absolute atomic E-state index is 0.0208. The maximum absolute atomic E-state index is 13.0. The monoisotopic (exact) mass is 965 g/mol. The molecule has 5 N–H and O–H groups in total. The van der Waals surface area contributed by atoms with Crippen LogP contribution >= 0.6 is 0 Å². The van der Waals surface area contributed by atoms with Gasteiger partial charge in [-0.2, -0.15) is 0 Å². The lowest BCUT2D eigenvalue weighted by atomic mass is 9.94. The molecule has 16 nitrogen and oxygen atoms in total. The van der Waals surface area contributed by atoms with Crippen LogP contribution in [0.3, 0.4) is 0 Å². The summed E-state index contributed by atoms with van der Waals surface area (Å²) in [4.78, 5) is 13.0. The van der Waals surface area contributed by atoms with E-state index in [4.69, 9.17) is 47.4 Å². The standard InChI is InChI=1S/C54H63NO15/c1-35(56)55-44-50(70-54-51(65-31-40-25-15-6-16-26-40)48(64-30-39-23-13-5-14-24-39)42(34-66-54)63-29-38-21-11-4-12-22-38)49(43(67-52(44)60)33-62-28-37-19-9-3-10-20-37)69-53-47(59)46(58)45(57)41(68-53)32-61-27-36-17-7-2-8-18-36/h2-26,41-54,57-60H,27-34H2,1H3,(H,55,56)/t41-,42-,43-,44-,45+,46+,47-,48-,49-,50-,51+,52-,53+,54+/m1/s1. The van der Waals surface area contributed by atoms with Crippen molar-refractivity contribution < 1.29 is 72.6 Å². The second kappa shape index (κ2) is 25.9. The summed E-state index contributed by atoms with van der Waals surface area (Å²) in [6.07, 6.45) is -17.1. The molecule has 5 aromatic carbocycles. The van der Waals surface area contributed by atoms with E-state index in [1.165, 1.54) is 6.92 Å². The van der Waals surface area contributed by atoms with Gasteiger partial charge >= 0.3 is 0 Å². The fourth-order valence-electron chi connectivity index (χ4n) is 8.67. The summed E-state index contributed by atoms with van der Waals surface area (Å²) in [5, 5.41) is 48.4. The molecule has 3 fully saturated rings. The fraction of sp³-hybridized carbons (Fsp3) is 0.426. The molecule has 0 radical (unpaired) electrons. The van der Waals surface area contributed by atoms with E-state index in [0.717, 1.165) is 27.8 Å². The predicted molar refractivity (Wildman–Crippen MR) is 252 cm³/mol. The quantitative estimate of drug-likeness (QED) is 0.0656. The van der Waals surface area contributed by atoms with E-state index < -0.39 is 91.9 Å². The Morgan fingerprint density at radius 3 is 1.44 bits per heavy atom. The smallest absolute Gasteiger partial charge is 0.217 e. The molecule has 3 saturated heterocycles. The number of carbonyl (C=O) groups is 1. The van der Waals surface area contributed by atoms with Crippen molar-refractivity contribution in [2.24, 2.45) is 0 Å². The third kappa shape index (κ3) is 14.1. The van der Waals surface area contributed by atoms with Crippen LogP contribution in [-0.4, -0.2) is 132 Å². The molecule has 3 aliphatic rings. The minimum atomic E-state index is -1.79. The number of aliphatic hydroxyl groups excluding tert-OH is 4. The number of hydrogen-bond acceptors (Lipinski definition) is 15. The van der Waals surface area contributed by atoms with E-state index in [0.29, 0.717) is 0 Å². The fourth-order valence-corrected chi connectivity index (χ4v) is 8.67. The van der Waals surface area contributed by atoms with Gasteiger partial charge in [-0.25, -0.2) is 0 Å². The van der Waals surface area contributed by atoms with E-state index >= 15 is 0 Å². The van der Waals surface area contributed by atoms with E-state index in [2.05, 4.69) is 5.32 Å². The molecule has 5 aromatic rings. The Morgan fingerprint density at radius 1 is 0.500 bits per heavy atom. The highest BCUT2D eigenvalue weighted by Gasteiger charge is 2.54. The zero-order chi connectivity index (χ0) is 48.7. The summed E-state index contributed by atoms with van der Waals surface area (Å²) in [5.41, 5.74) is 4.44. The molecule has 14 atom stereocenters. The zero-order valence-corrected chi connectivity index (χ0v) is 39.0. The van der Waals surface area contributed by atoms with Crippen molar-refractivity contribution in [3.05, 3.63) is 179 Å². The van der Waals surface area contributed by atoms with Gasteiger partial charge in [0, 0.05) is 6.92 Å². The van der Waals surface area contributed by atoms with Crippen LogP contribution in [0, 0.1) is 0 Å². The molecule has 0 bridgehead atoms. The normalized spacial score (nSPS) is 30.1. The number of carbonyl (C=O) groups excluding carboxylic acids is 1. The number of hydrogen-bond donors (Lipinski definition) is 5. The molecule has 16 heteroatoms. The zero-order valence-electron chi connectivity index (χ0n) is 39.0. The molecule has 0 aromatic heterocycles. The van der Waals surface area contributed by atoms with Gasteiger partial charge in [-0.3, -0.25) is 4.79 Å². The summed E-state index contributed by atoms with van der Waals surface area (Å²) < 4.78 is 64.7. The number of amides is 1. The maximum Gasteiger partial charge on any atom is 0.217 e. The largest absolute Gasteiger partial charge is 0.387 e. The van der Waals surface area contributed by atoms with Gasteiger partial charge in [-0.15, -0.1) is 0 Å². The first-order valence-electron chi connectivity index (χ1n) is 23.6. The van der Waals surface area contributed by atoms with Crippen LogP contribution in [0.5, 0.6) is 0 Å². The lowest BCUT2D eigenvalue weighted by Crippen LogP contribution is -2.69. The number of aliphatic hydroxyl groups is 4. The van der Waals surface area contributed by atoms with Crippen molar-refractivity contribution >= 4 is 5.91 Å². The second-order valence-corrected chi connectivity index (χ2v) is 17.6. The molecular formula is C54H63NO15. The molecular weight excluding hydrogens is 903 g/mol. The van der Waals surface area contributed by atoms with E-state index in [1.54, 1.807) is 0 Å². The summed E-state index contributed by atoms with van der Waals surface area (Å²) in [5.74, 6) is -0.526. The first kappa shape index (κ1) is 51.4. The van der Waals surface area contributed by atoms with Gasteiger partial charge in [-0.05, 0) is 27.8 Å². The maximum atomic E-state index is 13.0. The molecule has 0 unspecified atom stereocenters. The topological polar surface area (TPSA) is 202 Å². The van der Waals surface area contributed by atoms with Crippen LogP contribution in [-0.2, 0) is 85.2 Å². The van der Waals surface area contributed by atoms with Crippen molar-refractivity contribution in [3.63, 3.8) is 0 Å². The van der Waals surface area contributed by atoms with Crippen LogP contribution in [0.25, 0.3) is 0 Å². The Kier molecular flexibility index (Phi) is 19.0. The van der Waals surface area contributed by atoms with Gasteiger partial charge in [0.25, 0.3) is 0 Å². The van der Waals surface area contributed by atoms with Crippen molar-refractivity contribution in [1.29, 1.82) is 0 Å². The Bertz CT molecular complexity index is 2270. The highest BCUT2D eigenvalue weighted by atomic mass is 16.8. The number of benzene rings is 5. The van der Waals surface area contributed by atoms with E-state index in [-0.39, 0.29) is 52.9 Å². The van der Waals surface area contributed by atoms with E-state index in [9.17, 15) is 25.2 Å². The average Bonchev–Trinajstić information content (AvgIpc) is 3.38. The van der Waals surface area contributed by atoms with Crippen molar-refractivity contribution in [3.8, 4) is 0 Å². The average molecular weight is 966 g/mol. The van der Waals surface area contributed by atoms with E-state index in [1.807, 2.05) is 152 Å². The summed E-state index contributed by atoms with van der Waals surface area (Å²) in [6.45, 7) is 1.80. The van der Waals surface area contributed by atoms with Gasteiger partial charge in [0.1, 0.15) is 67.1 Å². The first-order chi connectivity index (χ1) is 34.2. The van der Waals surface area contributed by atoms with Crippen LogP contribution in [0.15, 0.2) is 152 Å². The minimum Gasteiger partial charge on any atom is -0.387 e. The van der Waals surface area contributed by atoms with Crippen molar-refractivity contribution in [2.45, 2.75) is 126 Å². The lowest BCUT2D eigenvalue weighted by molar-refractivity contribution is -0.371. The number of rotatable bonds is 22. The molecule has 8 rings (SSSR count). The molecule has 70 heavy (non-hydrogen) atoms. The van der Waals surface area contributed by atoms with Crippen molar-refractivity contribution in [1.82, 2.24) is 5.32 Å². The predicted octanol–water partition coefficient (Wildman–Crippen LogP) is 4.33. The van der Waals surface area contributed by atoms with Crippen LogP contribution < -0.4 is 5.32 Å². The second-order valence-electron chi connectivity index (χ2n) is 17.6. The molecule has 0 saturated carbocycles. The van der Waals surface area contributed by atoms with Crippen LogP contribution in [0.1, 0.15) is 34.7 Å². The molecule has 3 aliphatic heterocycles. The van der Waals surface area contributed by atoms with Crippen LogP contribution in [0.4, 0.5) is 0 Å². The Balaban J connectivity index is 1.11. The number of ether oxygens (including phenoxy) is 10. The first-order valence-corrected chi connectivity index (χ1v) is 23.6. The molecule has 0 aliphatic carbocycles. The van der Waals surface area contributed by atoms with Gasteiger partial charge < -0.3 is 73.1 Å². The Morgan fingerprint density at radius 2 is 0.943 bits per heavy atom. The highest BCUT2D eigenvalue weighted by molar-refractivity contribution is 5.73. The summed E-state index contributed by atoms with van der Waals surface area (Å²) >= 11 is 0. The van der Waals surface area contributed by atoms with Gasteiger partial charge in [-0.1, -0.05) is 152 Å².